The predicted octanol–water partition coefficient (Wildman–Crippen LogP) is 17.0. The minimum Gasteiger partial charge on any atom is -0.456 e. The van der Waals surface area contributed by atoms with E-state index in [1.165, 1.54) is 169 Å². The Kier molecular flexibility index (Phi) is 9.47. The maximum Gasteiger partial charge on any atom is 0.252 e. The molecule has 7 aromatic rings. The zero-order valence-corrected chi connectivity index (χ0v) is 45.6. The third-order valence-electron chi connectivity index (χ3n) is 20.0. The Morgan fingerprint density at radius 1 is 0.437 bits per heavy atom. The summed E-state index contributed by atoms with van der Waals surface area (Å²) < 4.78 is 7.18. The smallest absolute Gasteiger partial charge is 0.252 e. The Hall–Kier alpha value is -5.22. The zero-order valence-electron chi connectivity index (χ0n) is 45.6. The predicted molar refractivity (Wildman–Crippen MR) is 304 cm³/mol. The third kappa shape index (κ3) is 6.53. The molecule has 3 heterocycles. The van der Waals surface area contributed by atoms with E-state index >= 15 is 0 Å². The lowest BCUT2D eigenvalue weighted by atomic mass is 9.33. The first-order valence-corrected chi connectivity index (χ1v) is 27.7. The van der Waals surface area contributed by atoms with Crippen molar-refractivity contribution in [1.29, 1.82) is 0 Å². The lowest BCUT2D eigenvalue weighted by Crippen LogP contribution is -2.61. The standard InChI is InChI=1S/C67H77BN2O/c1-39-20-18-19-23-53(39)69-56-37-60-44(43-31-46-50(36-59(43)71-60)65(9,10)27-25-63(46,5)6)32-51(56)68-52-33-47-49(67(13,14)38-66(47,11)12)35-55(52)70(58-30-42(29-57(69)61(58)68)41-21-16-15-17-22-41)54-34-48-45(28-40(54)2)62(3,4)24-26-64(48,7)8/h18-20,23,28-37,41H,15-17,21-22,24-27,38H2,1-14H3. The first-order valence-electron chi connectivity index (χ1n) is 27.7. The molecule has 4 aliphatic carbocycles. The van der Waals surface area contributed by atoms with E-state index in [-0.39, 0.29) is 39.2 Å². The first-order chi connectivity index (χ1) is 33.5. The summed E-state index contributed by atoms with van der Waals surface area (Å²) in [5.74, 6) is 0.522. The summed E-state index contributed by atoms with van der Waals surface area (Å²) in [4.78, 5) is 5.47. The summed E-state index contributed by atoms with van der Waals surface area (Å²) in [6, 6.07) is 35.2. The van der Waals surface area contributed by atoms with Crippen molar-refractivity contribution >= 4 is 79.2 Å². The highest BCUT2D eigenvalue weighted by molar-refractivity contribution is 7.00. The Morgan fingerprint density at radius 3 is 1.55 bits per heavy atom. The van der Waals surface area contributed by atoms with Crippen LogP contribution in [0.2, 0.25) is 0 Å². The normalized spacial score (nSPS) is 21.6. The van der Waals surface area contributed by atoms with E-state index in [4.69, 9.17) is 4.42 Å². The molecule has 4 heteroatoms. The van der Waals surface area contributed by atoms with Crippen molar-refractivity contribution in [3.8, 4) is 0 Å². The summed E-state index contributed by atoms with van der Waals surface area (Å²) in [5.41, 5.74) is 27.7. The van der Waals surface area contributed by atoms with E-state index < -0.39 is 0 Å². The number of rotatable bonds is 3. The van der Waals surface area contributed by atoms with Crippen molar-refractivity contribution in [1.82, 2.24) is 0 Å². The number of hydrogen-bond donors (Lipinski definition) is 0. The van der Waals surface area contributed by atoms with Gasteiger partial charge in [-0.15, -0.1) is 0 Å². The molecular formula is C67H77BN2O. The number of hydrogen-bond acceptors (Lipinski definition) is 3. The van der Waals surface area contributed by atoms with Crippen LogP contribution in [0.5, 0.6) is 0 Å². The number of nitrogens with zero attached hydrogens (tertiary/aromatic N) is 2. The largest absolute Gasteiger partial charge is 0.456 e. The van der Waals surface area contributed by atoms with Crippen molar-refractivity contribution < 1.29 is 4.42 Å². The molecule has 0 unspecified atom stereocenters. The van der Waals surface area contributed by atoms with Crippen LogP contribution in [-0.2, 0) is 32.5 Å². The van der Waals surface area contributed by atoms with E-state index in [9.17, 15) is 0 Å². The molecule has 71 heavy (non-hydrogen) atoms. The molecular weight excluding hydrogens is 860 g/mol. The highest BCUT2D eigenvalue weighted by Crippen LogP contribution is 2.56. The SMILES string of the molecule is Cc1ccccc1N1c2cc3oc4cc5c(cc4c3cc2B2c3cc4c(cc3N(c3cc6c(cc3C)C(C)(C)CCC6(C)C)c3cc(C6CCCCC6)cc1c32)C(C)(C)CC4(C)C)C(C)(C)CCC5(C)C. The first kappa shape index (κ1) is 45.6. The van der Waals surface area contributed by atoms with Gasteiger partial charge in [0.05, 0.1) is 0 Å². The Morgan fingerprint density at radius 2 is 0.915 bits per heavy atom. The Labute approximate surface area is 425 Å². The molecule has 1 fully saturated rings. The second-order valence-electron chi connectivity index (χ2n) is 27.7. The van der Waals surface area contributed by atoms with Crippen LogP contribution in [0.3, 0.4) is 0 Å². The van der Waals surface area contributed by atoms with Crippen molar-refractivity contribution in [3.05, 3.63) is 135 Å². The second kappa shape index (κ2) is 14.7. The van der Waals surface area contributed by atoms with Crippen LogP contribution in [0.4, 0.5) is 34.1 Å². The van der Waals surface area contributed by atoms with Crippen LogP contribution < -0.4 is 26.2 Å². The van der Waals surface area contributed by atoms with Crippen LogP contribution in [0.15, 0.2) is 89.3 Å². The maximum absolute atomic E-state index is 7.18. The van der Waals surface area contributed by atoms with Gasteiger partial charge in [0.25, 0.3) is 6.71 Å². The minimum atomic E-state index is 0.0161. The molecule has 6 aromatic carbocycles. The lowest BCUT2D eigenvalue weighted by molar-refractivity contribution is 0.332. The lowest BCUT2D eigenvalue weighted by Gasteiger charge is -2.47. The molecule has 0 amide bonds. The quantitative estimate of drug-likeness (QED) is 0.165. The van der Waals surface area contributed by atoms with E-state index in [2.05, 4.69) is 192 Å². The molecule has 2 aliphatic heterocycles. The fourth-order valence-corrected chi connectivity index (χ4v) is 15.8. The molecule has 6 aliphatic rings. The molecule has 1 saturated carbocycles. The van der Waals surface area contributed by atoms with Gasteiger partial charge in [0.2, 0.25) is 0 Å². The van der Waals surface area contributed by atoms with Crippen molar-refractivity contribution in [2.24, 2.45) is 0 Å². The number of aryl methyl sites for hydroxylation is 2. The number of fused-ring (bicyclic) bond motifs is 10. The van der Waals surface area contributed by atoms with Crippen LogP contribution in [0.25, 0.3) is 21.9 Å². The zero-order chi connectivity index (χ0) is 49.7. The van der Waals surface area contributed by atoms with Gasteiger partial charge >= 0.3 is 0 Å². The molecule has 3 nitrogen and oxygen atoms in total. The van der Waals surface area contributed by atoms with Gasteiger partial charge in [0, 0.05) is 51.0 Å². The van der Waals surface area contributed by atoms with Crippen molar-refractivity contribution in [2.75, 3.05) is 9.80 Å². The molecule has 364 valence electrons. The molecule has 0 saturated heterocycles. The van der Waals surface area contributed by atoms with E-state index in [1.807, 2.05) is 0 Å². The molecule has 0 N–H and O–H groups in total. The number of furan rings is 1. The molecule has 1 aromatic heterocycles. The van der Waals surface area contributed by atoms with Gasteiger partial charge in [-0.3, -0.25) is 0 Å². The topological polar surface area (TPSA) is 19.6 Å². The summed E-state index contributed by atoms with van der Waals surface area (Å²) in [6.07, 6.45) is 12.3. The van der Waals surface area contributed by atoms with E-state index in [1.54, 1.807) is 0 Å². The monoisotopic (exact) mass is 937 g/mol. The van der Waals surface area contributed by atoms with Gasteiger partial charge in [0.15, 0.2) is 0 Å². The molecule has 0 spiro atoms. The van der Waals surface area contributed by atoms with Gasteiger partial charge in [-0.1, -0.05) is 139 Å². The average molecular weight is 937 g/mol. The van der Waals surface area contributed by atoms with Gasteiger partial charge in [-0.2, -0.15) is 0 Å². The third-order valence-corrected chi connectivity index (χ3v) is 20.0. The van der Waals surface area contributed by atoms with Gasteiger partial charge in [-0.25, -0.2) is 0 Å². The fourth-order valence-electron chi connectivity index (χ4n) is 15.8. The second-order valence-corrected chi connectivity index (χ2v) is 27.7. The molecule has 13 rings (SSSR count). The van der Waals surface area contributed by atoms with Gasteiger partial charge in [0.1, 0.15) is 11.2 Å². The number of para-hydroxylation sites is 1. The van der Waals surface area contributed by atoms with E-state index in [0.29, 0.717) is 5.92 Å². The molecule has 0 atom stereocenters. The number of benzene rings is 6. The van der Waals surface area contributed by atoms with E-state index in [0.717, 1.165) is 17.6 Å². The van der Waals surface area contributed by atoms with Crippen LogP contribution >= 0.6 is 0 Å². The van der Waals surface area contributed by atoms with Crippen LogP contribution in [0.1, 0.15) is 203 Å². The van der Waals surface area contributed by atoms with Crippen LogP contribution in [0, 0.1) is 13.8 Å². The Bertz CT molecular complexity index is 3440. The summed E-state index contributed by atoms with van der Waals surface area (Å²) in [6.45, 7) is 34.5. The Balaban J connectivity index is 1.17. The summed E-state index contributed by atoms with van der Waals surface area (Å²) in [5, 5.41) is 2.48. The van der Waals surface area contributed by atoms with Gasteiger partial charge < -0.3 is 14.2 Å². The number of anilines is 6. The summed E-state index contributed by atoms with van der Waals surface area (Å²) in [7, 11) is 0. The summed E-state index contributed by atoms with van der Waals surface area (Å²) >= 11 is 0. The molecule has 0 bridgehead atoms. The molecule has 0 radical (unpaired) electrons. The highest BCUT2D eigenvalue weighted by Gasteiger charge is 2.50. The van der Waals surface area contributed by atoms with Crippen molar-refractivity contribution in [2.45, 2.75) is 200 Å². The minimum absolute atomic E-state index is 0.0161. The van der Waals surface area contributed by atoms with Crippen molar-refractivity contribution in [3.63, 3.8) is 0 Å². The van der Waals surface area contributed by atoms with Gasteiger partial charge in [-0.05, 0) is 206 Å². The maximum atomic E-state index is 7.18. The highest BCUT2D eigenvalue weighted by atomic mass is 16.3. The van der Waals surface area contributed by atoms with Crippen LogP contribution in [-0.4, -0.2) is 6.71 Å². The fraction of sp³-hybridized carbons (Fsp3) is 0.463. The average Bonchev–Trinajstić information content (AvgIpc) is 3.76.